The van der Waals surface area contributed by atoms with E-state index in [2.05, 4.69) is 17.6 Å². The van der Waals surface area contributed by atoms with Gasteiger partial charge >= 0.3 is 12.0 Å². The molecule has 1 unspecified atom stereocenters. The molecular weight excluding hydrogens is 244 g/mol. The van der Waals surface area contributed by atoms with Crippen molar-refractivity contribution in [2.24, 2.45) is 10.8 Å². The highest BCUT2D eigenvalue weighted by Crippen LogP contribution is 2.36. The van der Waals surface area contributed by atoms with Crippen LogP contribution in [-0.2, 0) is 4.79 Å². The van der Waals surface area contributed by atoms with Gasteiger partial charge in [-0.15, -0.1) is 0 Å². The van der Waals surface area contributed by atoms with Gasteiger partial charge in [-0.3, -0.25) is 4.79 Å². The Balaban J connectivity index is 2.33. The zero-order chi connectivity index (χ0) is 14.5. The Morgan fingerprint density at radius 2 is 1.84 bits per heavy atom. The van der Waals surface area contributed by atoms with Crippen LogP contribution in [0.15, 0.2) is 0 Å². The van der Waals surface area contributed by atoms with E-state index in [1.807, 2.05) is 6.92 Å². The Labute approximate surface area is 115 Å². The maximum absolute atomic E-state index is 11.7. The number of urea groups is 1. The van der Waals surface area contributed by atoms with Crippen LogP contribution in [0.3, 0.4) is 0 Å². The molecule has 1 aliphatic rings. The topological polar surface area (TPSA) is 78.4 Å². The van der Waals surface area contributed by atoms with Gasteiger partial charge in [-0.05, 0) is 31.6 Å². The van der Waals surface area contributed by atoms with Gasteiger partial charge in [0.1, 0.15) is 0 Å². The maximum atomic E-state index is 11.7. The molecule has 0 aromatic rings. The van der Waals surface area contributed by atoms with Crippen molar-refractivity contribution >= 4 is 12.0 Å². The molecular formula is C14H26N2O3. The first-order valence-electron chi connectivity index (χ1n) is 7.06. The van der Waals surface area contributed by atoms with Gasteiger partial charge in [0.05, 0.1) is 5.41 Å². The number of rotatable bonds is 6. The molecule has 2 amide bonds. The highest BCUT2D eigenvalue weighted by molar-refractivity contribution is 5.77. The predicted octanol–water partition coefficient (Wildman–Crippen LogP) is 2.37. The minimum atomic E-state index is -0.894. The molecule has 3 N–H and O–H groups in total. The molecule has 0 heterocycles. The van der Waals surface area contributed by atoms with Crippen LogP contribution in [0.5, 0.6) is 0 Å². The van der Waals surface area contributed by atoms with Gasteiger partial charge in [-0.2, -0.15) is 0 Å². The fourth-order valence-corrected chi connectivity index (χ4v) is 2.39. The van der Waals surface area contributed by atoms with Gasteiger partial charge in [0, 0.05) is 13.1 Å². The third kappa shape index (κ3) is 4.40. The van der Waals surface area contributed by atoms with Crippen LogP contribution >= 0.6 is 0 Å². The lowest BCUT2D eigenvalue weighted by atomic mass is 9.88. The molecule has 0 aromatic carbocycles. The van der Waals surface area contributed by atoms with Gasteiger partial charge in [-0.1, -0.05) is 26.7 Å². The van der Waals surface area contributed by atoms with Crippen molar-refractivity contribution in [2.75, 3.05) is 13.1 Å². The number of carbonyl (C=O) groups excluding carboxylic acids is 1. The SMILES string of the molecule is CCC(C)(CNC(=O)NCC1(C)CCCC1)C(=O)O. The van der Waals surface area contributed by atoms with E-state index in [1.165, 1.54) is 12.8 Å². The van der Waals surface area contributed by atoms with Gasteiger partial charge < -0.3 is 15.7 Å². The van der Waals surface area contributed by atoms with Crippen LogP contribution in [-0.4, -0.2) is 30.2 Å². The first-order valence-corrected chi connectivity index (χ1v) is 7.06. The Kier molecular flexibility index (Phi) is 5.20. The highest BCUT2D eigenvalue weighted by Gasteiger charge is 2.32. The molecule has 0 aromatic heterocycles. The molecule has 0 bridgehead atoms. The second-order valence-electron chi connectivity index (χ2n) is 6.27. The van der Waals surface area contributed by atoms with Crippen molar-refractivity contribution < 1.29 is 14.7 Å². The number of carboxylic acid groups (broad SMARTS) is 1. The van der Waals surface area contributed by atoms with Crippen molar-refractivity contribution in [1.29, 1.82) is 0 Å². The van der Waals surface area contributed by atoms with Crippen molar-refractivity contribution in [2.45, 2.75) is 52.9 Å². The van der Waals surface area contributed by atoms with Crippen LogP contribution in [0, 0.1) is 10.8 Å². The average molecular weight is 270 g/mol. The maximum Gasteiger partial charge on any atom is 0.314 e. The largest absolute Gasteiger partial charge is 0.481 e. The number of nitrogens with one attached hydrogen (secondary N) is 2. The van der Waals surface area contributed by atoms with E-state index in [4.69, 9.17) is 5.11 Å². The van der Waals surface area contributed by atoms with Crippen LogP contribution in [0.4, 0.5) is 4.79 Å². The lowest BCUT2D eigenvalue weighted by molar-refractivity contribution is -0.147. The Bertz CT molecular complexity index is 338. The first-order chi connectivity index (χ1) is 8.81. The number of aliphatic carboxylic acids is 1. The molecule has 0 saturated heterocycles. The van der Waals surface area contributed by atoms with E-state index in [1.54, 1.807) is 6.92 Å². The Hall–Kier alpha value is -1.26. The molecule has 5 nitrogen and oxygen atoms in total. The molecule has 5 heteroatoms. The van der Waals surface area contributed by atoms with Crippen LogP contribution in [0.1, 0.15) is 52.9 Å². The molecule has 1 fully saturated rings. The summed E-state index contributed by atoms with van der Waals surface area (Å²) >= 11 is 0. The van der Waals surface area contributed by atoms with Crippen LogP contribution in [0.2, 0.25) is 0 Å². The summed E-state index contributed by atoms with van der Waals surface area (Å²) in [6.07, 6.45) is 5.24. The van der Waals surface area contributed by atoms with E-state index in [0.717, 1.165) is 12.8 Å². The van der Waals surface area contributed by atoms with E-state index in [-0.39, 0.29) is 18.0 Å². The second-order valence-corrected chi connectivity index (χ2v) is 6.27. The number of amides is 2. The minimum absolute atomic E-state index is 0.154. The fourth-order valence-electron chi connectivity index (χ4n) is 2.39. The summed E-state index contributed by atoms with van der Waals surface area (Å²) in [6.45, 7) is 6.46. The highest BCUT2D eigenvalue weighted by atomic mass is 16.4. The third-order valence-electron chi connectivity index (χ3n) is 4.42. The zero-order valence-corrected chi connectivity index (χ0v) is 12.2. The van der Waals surface area contributed by atoms with Gasteiger partial charge in [0.25, 0.3) is 0 Å². The summed E-state index contributed by atoms with van der Waals surface area (Å²) in [5.41, 5.74) is -0.688. The van der Waals surface area contributed by atoms with E-state index in [0.29, 0.717) is 13.0 Å². The normalized spacial score (nSPS) is 20.6. The van der Waals surface area contributed by atoms with Crippen LogP contribution < -0.4 is 10.6 Å². The van der Waals surface area contributed by atoms with Crippen LogP contribution in [0.25, 0.3) is 0 Å². The standard InChI is InChI=1S/C14H26N2O3/c1-4-14(3,11(17)18)10-16-12(19)15-9-13(2)7-5-6-8-13/h4-10H2,1-3H3,(H,17,18)(H2,15,16,19). The zero-order valence-electron chi connectivity index (χ0n) is 12.2. The van der Waals surface area contributed by atoms with Gasteiger partial charge in [-0.25, -0.2) is 4.79 Å². The number of hydrogen-bond donors (Lipinski definition) is 3. The van der Waals surface area contributed by atoms with Crippen molar-refractivity contribution in [3.63, 3.8) is 0 Å². The summed E-state index contributed by atoms with van der Waals surface area (Å²) in [4.78, 5) is 22.8. The predicted molar refractivity (Wildman–Crippen MR) is 74.0 cm³/mol. The third-order valence-corrected chi connectivity index (χ3v) is 4.42. The number of carbonyl (C=O) groups is 2. The Morgan fingerprint density at radius 3 is 2.32 bits per heavy atom. The summed E-state index contributed by atoms with van der Waals surface area (Å²) in [5, 5.41) is 14.6. The molecule has 0 aliphatic heterocycles. The monoisotopic (exact) mass is 270 g/mol. The molecule has 1 aliphatic carbocycles. The molecule has 110 valence electrons. The number of carboxylic acids is 1. The summed E-state index contributed by atoms with van der Waals surface area (Å²) in [7, 11) is 0. The van der Waals surface area contributed by atoms with E-state index < -0.39 is 11.4 Å². The van der Waals surface area contributed by atoms with Crippen molar-refractivity contribution in [1.82, 2.24) is 10.6 Å². The lowest BCUT2D eigenvalue weighted by Crippen LogP contribution is -2.46. The average Bonchev–Trinajstić information content (AvgIpc) is 2.80. The lowest BCUT2D eigenvalue weighted by Gasteiger charge is -2.26. The molecule has 1 rings (SSSR count). The second kappa shape index (κ2) is 6.26. The first kappa shape index (κ1) is 15.8. The van der Waals surface area contributed by atoms with E-state index in [9.17, 15) is 9.59 Å². The quantitative estimate of drug-likeness (QED) is 0.693. The smallest absolute Gasteiger partial charge is 0.314 e. The minimum Gasteiger partial charge on any atom is -0.481 e. The number of hydrogen-bond acceptors (Lipinski definition) is 2. The van der Waals surface area contributed by atoms with Crippen molar-refractivity contribution in [3.8, 4) is 0 Å². The molecule has 19 heavy (non-hydrogen) atoms. The van der Waals surface area contributed by atoms with Gasteiger partial charge in [0.2, 0.25) is 0 Å². The fraction of sp³-hybridized carbons (Fsp3) is 0.857. The van der Waals surface area contributed by atoms with Crippen molar-refractivity contribution in [3.05, 3.63) is 0 Å². The molecule has 0 radical (unpaired) electrons. The molecule has 1 saturated carbocycles. The summed E-state index contributed by atoms with van der Waals surface area (Å²) in [6, 6.07) is -0.269. The Morgan fingerprint density at radius 1 is 1.26 bits per heavy atom. The summed E-state index contributed by atoms with van der Waals surface area (Å²) in [5.74, 6) is -0.877. The van der Waals surface area contributed by atoms with Gasteiger partial charge in [0.15, 0.2) is 0 Å². The summed E-state index contributed by atoms with van der Waals surface area (Å²) < 4.78 is 0. The molecule has 0 spiro atoms. The van der Waals surface area contributed by atoms with E-state index >= 15 is 0 Å². The molecule has 1 atom stereocenters.